The van der Waals surface area contributed by atoms with Crippen LogP contribution in [0.3, 0.4) is 0 Å². The number of methoxy groups -OCH3 is 1. The monoisotopic (exact) mass is 500 g/mol. The number of rotatable bonds is 8. The van der Waals surface area contributed by atoms with Crippen LogP contribution in [0.1, 0.15) is 33.8 Å². The number of amides is 1. The van der Waals surface area contributed by atoms with Crippen LogP contribution in [0.25, 0.3) is 0 Å². The number of carbonyl (C=O) groups is 1. The SMILES string of the molecule is COc1ccc(S(=O)(=O)Nc2nc(C)c(C(=O)NC3CCN(Cc4ccccc4)CC3)s2)cc1. The Morgan fingerprint density at radius 3 is 2.44 bits per heavy atom. The van der Waals surface area contributed by atoms with E-state index in [0.717, 1.165) is 43.8 Å². The fourth-order valence-corrected chi connectivity index (χ4v) is 6.01. The van der Waals surface area contributed by atoms with E-state index in [0.29, 0.717) is 16.3 Å². The van der Waals surface area contributed by atoms with Crippen molar-refractivity contribution in [2.45, 2.75) is 37.2 Å². The van der Waals surface area contributed by atoms with Gasteiger partial charge in [0.05, 0.1) is 17.7 Å². The van der Waals surface area contributed by atoms with Crippen molar-refractivity contribution in [2.75, 3.05) is 24.9 Å². The minimum Gasteiger partial charge on any atom is -0.497 e. The second-order valence-corrected chi connectivity index (χ2v) is 10.9. The van der Waals surface area contributed by atoms with Crippen molar-refractivity contribution in [2.24, 2.45) is 0 Å². The molecule has 2 N–H and O–H groups in total. The Kier molecular flexibility index (Phi) is 7.50. The summed E-state index contributed by atoms with van der Waals surface area (Å²) in [6.07, 6.45) is 1.74. The lowest BCUT2D eigenvalue weighted by molar-refractivity contribution is 0.0912. The molecule has 1 aliphatic heterocycles. The third-order valence-electron chi connectivity index (χ3n) is 5.77. The van der Waals surface area contributed by atoms with Gasteiger partial charge in [0.2, 0.25) is 0 Å². The fourth-order valence-electron chi connectivity index (χ4n) is 3.91. The zero-order chi connectivity index (χ0) is 24.1. The van der Waals surface area contributed by atoms with Gasteiger partial charge in [0.25, 0.3) is 15.9 Å². The number of ether oxygens (including phenoxy) is 1. The molecule has 2 aromatic carbocycles. The highest BCUT2D eigenvalue weighted by atomic mass is 32.2. The molecule has 1 aromatic heterocycles. The summed E-state index contributed by atoms with van der Waals surface area (Å²) >= 11 is 1.04. The van der Waals surface area contributed by atoms with E-state index in [9.17, 15) is 13.2 Å². The Balaban J connectivity index is 1.33. The number of nitrogens with one attached hydrogen (secondary N) is 2. The number of benzene rings is 2. The maximum absolute atomic E-state index is 12.9. The first-order chi connectivity index (χ1) is 16.3. The molecule has 3 aromatic rings. The molecule has 0 bridgehead atoms. The molecule has 0 atom stereocenters. The van der Waals surface area contributed by atoms with E-state index in [1.165, 1.54) is 24.8 Å². The lowest BCUT2D eigenvalue weighted by atomic mass is 10.0. The summed E-state index contributed by atoms with van der Waals surface area (Å²) < 4.78 is 32.9. The van der Waals surface area contributed by atoms with Crippen LogP contribution in [-0.2, 0) is 16.6 Å². The maximum atomic E-state index is 12.9. The quantitative estimate of drug-likeness (QED) is 0.490. The van der Waals surface area contributed by atoms with Gasteiger partial charge in [-0.1, -0.05) is 41.7 Å². The van der Waals surface area contributed by atoms with Gasteiger partial charge in [-0.3, -0.25) is 14.4 Å². The van der Waals surface area contributed by atoms with Crippen molar-refractivity contribution in [3.63, 3.8) is 0 Å². The summed E-state index contributed by atoms with van der Waals surface area (Å²) in [5.74, 6) is 0.348. The van der Waals surface area contributed by atoms with Crippen LogP contribution in [0.5, 0.6) is 5.75 Å². The Morgan fingerprint density at radius 2 is 1.79 bits per heavy atom. The van der Waals surface area contributed by atoms with E-state index < -0.39 is 10.0 Å². The van der Waals surface area contributed by atoms with Gasteiger partial charge in [-0.05, 0) is 49.6 Å². The first kappa shape index (κ1) is 24.2. The molecule has 0 spiro atoms. The van der Waals surface area contributed by atoms with Gasteiger partial charge < -0.3 is 10.1 Å². The molecule has 34 heavy (non-hydrogen) atoms. The highest BCUT2D eigenvalue weighted by molar-refractivity contribution is 7.93. The smallest absolute Gasteiger partial charge is 0.263 e. The predicted molar refractivity (Wildman–Crippen MR) is 133 cm³/mol. The van der Waals surface area contributed by atoms with E-state index in [2.05, 4.69) is 32.1 Å². The van der Waals surface area contributed by atoms with Crippen molar-refractivity contribution in [1.82, 2.24) is 15.2 Å². The number of anilines is 1. The molecule has 8 nitrogen and oxygen atoms in total. The summed E-state index contributed by atoms with van der Waals surface area (Å²) in [5, 5.41) is 3.26. The largest absolute Gasteiger partial charge is 0.497 e. The average molecular weight is 501 g/mol. The molecular formula is C24H28N4O4S2. The van der Waals surface area contributed by atoms with Gasteiger partial charge in [0.1, 0.15) is 10.6 Å². The van der Waals surface area contributed by atoms with Gasteiger partial charge in [0, 0.05) is 25.7 Å². The van der Waals surface area contributed by atoms with Gasteiger partial charge >= 0.3 is 0 Å². The van der Waals surface area contributed by atoms with Crippen molar-refractivity contribution < 1.29 is 17.9 Å². The van der Waals surface area contributed by atoms with E-state index in [4.69, 9.17) is 4.74 Å². The molecule has 0 radical (unpaired) electrons. The number of aromatic nitrogens is 1. The second kappa shape index (κ2) is 10.5. The summed E-state index contributed by atoms with van der Waals surface area (Å²) in [7, 11) is -2.31. The summed E-state index contributed by atoms with van der Waals surface area (Å²) in [6.45, 7) is 4.44. The fraction of sp³-hybridized carbons (Fsp3) is 0.333. The summed E-state index contributed by atoms with van der Waals surface area (Å²) in [4.78, 5) is 20.0. The molecule has 0 unspecified atom stereocenters. The lowest BCUT2D eigenvalue weighted by Gasteiger charge is -2.32. The lowest BCUT2D eigenvalue weighted by Crippen LogP contribution is -2.44. The van der Waals surface area contributed by atoms with Crippen LogP contribution < -0.4 is 14.8 Å². The Hall–Kier alpha value is -2.95. The Bertz CT molecular complexity index is 1220. The number of hydrogen-bond acceptors (Lipinski definition) is 7. The third kappa shape index (κ3) is 5.94. The van der Waals surface area contributed by atoms with Gasteiger partial charge in [-0.25, -0.2) is 13.4 Å². The number of piperidine rings is 1. The summed E-state index contributed by atoms with van der Waals surface area (Å²) in [5.41, 5.74) is 1.78. The van der Waals surface area contributed by atoms with Crippen LogP contribution >= 0.6 is 11.3 Å². The second-order valence-electron chi connectivity index (χ2n) is 8.22. The minimum absolute atomic E-state index is 0.0838. The highest BCUT2D eigenvalue weighted by Crippen LogP contribution is 2.26. The zero-order valence-electron chi connectivity index (χ0n) is 19.2. The first-order valence-corrected chi connectivity index (χ1v) is 13.4. The van der Waals surface area contributed by atoms with Crippen molar-refractivity contribution >= 4 is 32.4 Å². The average Bonchev–Trinajstić information content (AvgIpc) is 3.20. The molecule has 4 rings (SSSR count). The molecule has 1 fully saturated rings. The number of carbonyl (C=O) groups excluding carboxylic acids is 1. The molecule has 0 saturated carbocycles. The van der Waals surface area contributed by atoms with Crippen LogP contribution in [0.15, 0.2) is 59.5 Å². The third-order valence-corrected chi connectivity index (χ3v) is 8.32. The topological polar surface area (TPSA) is 101 Å². The van der Waals surface area contributed by atoms with Crippen molar-refractivity contribution in [3.8, 4) is 5.75 Å². The molecule has 2 heterocycles. The molecule has 0 aliphatic carbocycles. The van der Waals surface area contributed by atoms with Gasteiger partial charge in [-0.2, -0.15) is 0 Å². The molecule has 10 heteroatoms. The predicted octanol–water partition coefficient (Wildman–Crippen LogP) is 3.66. The van der Waals surface area contributed by atoms with Gasteiger partial charge in [-0.15, -0.1) is 0 Å². The van der Waals surface area contributed by atoms with Crippen molar-refractivity contribution in [1.29, 1.82) is 0 Å². The molecule has 1 amide bonds. The number of aryl methyl sites for hydroxylation is 1. The Morgan fingerprint density at radius 1 is 1.12 bits per heavy atom. The van der Waals surface area contributed by atoms with E-state index >= 15 is 0 Å². The first-order valence-electron chi connectivity index (χ1n) is 11.1. The van der Waals surface area contributed by atoms with Crippen LogP contribution in [0.4, 0.5) is 5.13 Å². The molecule has 1 saturated heterocycles. The van der Waals surface area contributed by atoms with E-state index in [1.807, 2.05) is 18.2 Å². The normalized spacial score (nSPS) is 15.1. The zero-order valence-corrected chi connectivity index (χ0v) is 20.8. The molecule has 180 valence electrons. The highest BCUT2D eigenvalue weighted by Gasteiger charge is 2.24. The number of likely N-dealkylation sites (tertiary alicyclic amines) is 1. The molecular weight excluding hydrogens is 472 g/mol. The van der Waals surface area contributed by atoms with Crippen LogP contribution in [-0.4, -0.2) is 50.5 Å². The van der Waals surface area contributed by atoms with E-state index in [1.54, 1.807) is 19.1 Å². The number of sulfonamides is 1. The standard InChI is InChI=1S/C24H28N4O4S2/c1-17-22(33-24(25-17)27-34(30,31)21-10-8-20(32-2)9-11-21)23(29)26-19-12-14-28(15-13-19)16-18-6-4-3-5-7-18/h3-11,19H,12-16H2,1-2H3,(H,25,27)(H,26,29). The summed E-state index contributed by atoms with van der Waals surface area (Å²) in [6, 6.07) is 16.5. The van der Waals surface area contributed by atoms with E-state index in [-0.39, 0.29) is 22.0 Å². The van der Waals surface area contributed by atoms with Gasteiger partial charge in [0.15, 0.2) is 5.13 Å². The minimum atomic E-state index is -3.82. The van der Waals surface area contributed by atoms with Crippen LogP contribution in [0, 0.1) is 6.92 Å². The number of hydrogen-bond donors (Lipinski definition) is 2. The number of nitrogens with zero attached hydrogens (tertiary/aromatic N) is 2. The van der Waals surface area contributed by atoms with Crippen molar-refractivity contribution in [3.05, 3.63) is 70.7 Å². The molecule has 1 aliphatic rings. The Labute approximate surface area is 204 Å². The number of thiazole rings is 1. The van der Waals surface area contributed by atoms with Crippen LogP contribution in [0.2, 0.25) is 0 Å². The maximum Gasteiger partial charge on any atom is 0.263 e.